The fraction of sp³-hybridized carbons (Fsp3) is 0.250. The zero-order valence-corrected chi connectivity index (χ0v) is 12.7. The fourth-order valence-corrected chi connectivity index (χ4v) is 3.56. The van der Waals surface area contributed by atoms with Gasteiger partial charge in [0.25, 0.3) is 0 Å². The quantitative estimate of drug-likeness (QED) is 0.938. The summed E-state index contributed by atoms with van der Waals surface area (Å²) in [6, 6.07) is 14.6. The Balaban J connectivity index is 2.24. The summed E-state index contributed by atoms with van der Waals surface area (Å²) in [5, 5.41) is 0. The molecule has 0 aliphatic carbocycles. The molecule has 0 aliphatic heterocycles. The molecule has 2 aromatic rings. The smallest absolute Gasteiger partial charge is 0.207 e. The highest BCUT2D eigenvalue weighted by atomic mass is 32.2. The van der Waals surface area contributed by atoms with E-state index in [0.29, 0.717) is 4.90 Å². The van der Waals surface area contributed by atoms with Gasteiger partial charge in [-0.1, -0.05) is 48.0 Å². The Morgan fingerprint density at radius 2 is 1.55 bits per heavy atom. The van der Waals surface area contributed by atoms with Gasteiger partial charge in [-0.25, -0.2) is 13.1 Å². The third-order valence-corrected chi connectivity index (χ3v) is 4.99. The van der Waals surface area contributed by atoms with Crippen molar-refractivity contribution < 1.29 is 8.42 Å². The van der Waals surface area contributed by atoms with Crippen LogP contribution < -0.4 is 4.72 Å². The van der Waals surface area contributed by atoms with E-state index in [1.54, 1.807) is 25.1 Å². The van der Waals surface area contributed by atoms with Crippen LogP contribution in [-0.4, -0.2) is 8.42 Å². The molecule has 0 heterocycles. The monoisotopic (exact) mass is 289 g/mol. The molecule has 0 amide bonds. The molecule has 0 aliphatic rings. The normalized spacial score (nSPS) is 13.2. The second-order valence-corrected chi connectivity index (χ2v) is 6.70. The van der Waals surface area contributed by atoms with Crippen molar-refractivity contribution in [1.82, 2.24) is 4.72 Å². The first-order valence-corrected chi connectivity index (χ1v) is 8.03. The molecule has 0 saturated carbocycles. The van der Waals surface area contributed by atoms with E-state index in [2.05, 4.69) is 4.72 Å². The standard InChI is InChI=1S/C16H19NO2S/c1-12-8-10-15(11-9-12)14(3)17-20(18,19)16-7-5-4-6-13(16)2/h4-11,14,17H,1-3H3/t14-/m0/s1. The van der Waals surface area contributed by atoms with Crippen molar-refractivity contribution in [3.05, 3.63) is 65.2 Å². The highest BCUT2D eigenvalue weighted by molar-refractivity contribution is 7.89. The summed E-state index contributed by atoms with van der Waals surface area (Å²) in [4.78, 5) is 0.332. The van der Waals surface area contributed by atoms with Crippen LogP contribution in [0.25, 0.3) is 0 Å². The van der Waals surface area contributed by atoms with Crippen molar-refractivity contribution >= 4 is 10.0 Å². The van der Waals surface area contributed by atoms with Crippen LogP contribution in [0.4, 0.5) is 0 Å². The van der Waals surface area contributed by atoms with Crippen molar-refractivity contribution in [2.45, 2.75) is 31.7 Å². The van der Waals surface area contributed by atoms with E-state index in [9.17, 15) is 8.42 Å². The van der Waals surface area contributed by atoms with Gasteiger partial charge in [0, 0.05) is 6.04 Å². The van der Waals surface area contributed by atoms with E-state index in [4.69, 9.17) is 0 Å². The first kappa shape index (κ1) is 14.8. The van der Waals surface area contributed by atoms with Crippen LogP contribution in [0, 0.1) is 13.8 Å². The molecule has 0 aromatic heterocycles. The van der Waals surface area contributed by atoms with Gasteiger partial charge in [-0.15, -0.1) is 0 Å². The first-order valence-electron chi connectivity index (χ1n) is 6.54. The average molecular weight is 289 g/mol. The zero-order chi connectivity index (χ0) is 14.8. The van der Waals surface area contributed by atoms with Gasteiger partial charge in [-0.3, -0.25) is 0 Å². The van der Waals surface area contributed by atoms with Crippen LogP contribution in [-0.2, 0) is 10.0 Å². The molecule has 0 unspecified atom stereocenters. The maximum absolute atomic E-state index is 12.4. The van der Waals surface area contributed by atoms with E-state index < -0.39 is 10.0 Å². The van der Waals surface area contributed by atoms with Gasteiger partial charge in [-0.2, -0.15) is 0 Å². The Morgan fingerprint density at radius 1 is 0.950 bits per heavy atom. The maximum Gasteiger partial charge on any atom is 0.241 e. The summed E-state index contributed by atoms with van der Waals surface area (Å²) in [5.74, 6) is 0. The lowest BCUT2D eigenvalue weighted by atomic mass is 10.1. The Morgan fingerprint density at radius 3 is 2.15 bits per heavy atom. The number of hydrogen-bond donors (Lipinski definition) is 1. The lowest BCUT2D eigenvalue weighted by Crippen LogP contribution is -2.27. The van der Waals surface area contributed by atoms with Crippen LogP contribution >= 0.6 is 0 Å². The SMILES string of the molecule is Cc1ccc([C@H](C)NS(=O)(=O)c2ccccc2C)cc1. The summed E-state index contributed by atoms with van der Waals surface area (Å²) in [7, 11) is -3.50. The summed E-state index contributed by atoms with van der Waals surface area (Å²) in [5.41, 5.74) is 2.85. The lowest BCUT2D eigenvalue weighted by Gasteiger charge is -2.16. The number of sulfonamides is 1. The number of benzene rings is 2. The van der Waals surface area contributed by atoms with Crippen molar-refractivity contribution in [3.8, 4) is 0 Å². The summed E-state index contributed by atoms with van der Waals surface area (Å²) in [6.07, 6.45) is 0. The van der Waals surface area contributed by atoms with Gasteiger partial charge in [-0.05, 0) is 38.0 Å². The molecule has 0 saturated heterocycles. The number of aryl methyl sites for hydroxylation is 2. The zero-order valence-electron chi connectivity index (χ0n) is 11.9. The molecule has 3 nitrogen and oxygen atoms in total. The van der Waals surface area contributed by atoms with Crippen LogP contribution in [0.5, 0.6) is 0 Å². The average Bonchev–Trinajstić information content (AvgIpc) is 2.39. The molecule has 1 atom stereocenters. The van der Waals surface area contributed by atoms with E-state index in [-0.39, 0.29) is 6.04 Å². The molecule has 0 bridgehead atoms. The molecular formula is C16H19NO2S. The van der Waals surface area contributed by atoms with Crippen LogP contribution in [0.15, 0.2) is 53.4 Å². The van der Waals surface area contributed by atoms with Gasteiger partial charge in [0.05, 0.1) is 4.90 Å². The third kappa shape index (κ3) is 3.26. The molecular weight excluding hydrogens is 270 g/mol. The number of rotatable bonds is 4. The van der Waals surface area contributed by atoms with Gasteiger partial charge in [0.1, 0.15) is 0 Å². The second kappa shape index (κ2) is 5.77. The Hall–Kier alpha value is -1.65. The Labute approximate surface area is 120 Å². The van der Waals surface area contributed by atoms with E-state index in [1.807, 2.05) is 44.2 Å². The van der Waals surface area contributed by atoms with Crippen molar-refractivity contribution in [2.24, 2.45) is 0 Å². The van der Waals surface area contributed by atoms with Crippen molar-refractivity contribution in [2.75, 3.05) is 0 Å². The van der Waals surface area contributed by atoms with E-state index >= 15 is 0 Å². The van der Waals surface area contributed by atoms with Gasteiger partial charge in [0.15, 0.2) is 0 Å². The van der Waals surface area contributed by atoms with Gasteiger partial charge >= 0.3 is 0 Å². The maximum atomic E-state index is 12.4. The molecule has 2 rings (SSSR count). The third-order valence-electron chi connectivity index (χ3n) is 3.29. The van der Waals surface area contributed by atoms with E-state index in [0.717, 1.165) is 16.7 Å². The molecule has 20 heavy (non-hydrogen) atoms. The summed E-state index contributed by atoms with van der Waals surface area (Å²) < 4.78 is 27.5. The predicted molar refractivity (Wildman–Crippen MR) is 81.1 cm³/mol. The molecule has 4 heteroatoms. The lowest BCUT2D eigenvalue weighted by molar-refractivity contribution is 0.566. The fourth-order valence-electron chi connectivity index (χ4n) is 2.08. The molecule has 2 aromatic carbocycles. The first-order chi connectivity index (χ1) is 9.40. The van der Waals surface area contributed by atoms with Crippen molar-refractivity contribution in [1.29, 1.82) is 0 Å². The largest absolute Gasteiger partial charge is 0.241 e. The molecule has 0 radical (unpaired) electrons. The highest BCUT2D eigenvalue weighted by Crippen LogP contribution is 2.19. The molecule has 0 fully saturated rings. The van der Waals surface area contributed by atoms with Gasteiger partial charge in [0.2, 0.25) is 10.0 Å². The minimum Gasteiger partial charge on any atom is -0.207 e. The molecule has 1 N–H and O–H groups in total. The molecule has 106 valence electrons. The van der Waals surface area contributed by atoms with E-state index in [1.165, 1.54) is 0 Å². The topological polar surface area (TPSA) is 46.2 Å². The number of nitrogens with one attached hydrogen (secondary N) is 1. The minimum absolute atomic E-state index is 0.264. The summed E-state index contributed by atoms with van der Waals surface area (Å²) in [6.45, 7) is 5.65. The number of hydrogen-bond acceptors (Lipinski definition) is 2. The van der Waals surface area contributed by atoms with Crippen molar-refractivity contribution in [3.63, 3.8) is 0 Å². The second-order valence-electron chi connectivity index (χ2n) is 5.02. The predicted octanol–water partition coefficient (Wildman–Crippen LogP) is 3.34. The Bertz CT molecular complexity index is 691. The highest BCUT2D eigenvalue weighted by Gasteiger charge is 2.19. The Kier molecular flexibility index (Phi) is 4.26. The van der Waals surface area contributed by atoms with Crippen LogP contribution in [0.2, 0.25) is 0 Å². The minimum atomic E-state index is -3.50. The van der Waals surface area contributed by atoms with Gasteiger partial charge < -0.3 is 0 Å². The molecule has 0 spiro atoms. The van der Waals surface area contributed by atoms with Crippen LogP contribution in [0.1, 0.15) is 29.7 Å². The summed E-state index contributed by atoms with van der Waals surface area (Å²) >= 11 is 0. The van der Waals surface area contributed by atoms with Crippen LogP contribution in [0.3, 0.4) is 0 Å².